The lowest BCUT2D eigenvalue weighted by Gasteiger charge is -2.27. The van der Waals surface area contributed by atoms with E-state index in [4.69, 9.17) is 4.74 Å². The van der Waals surface area contributed by atoms with E-state index in [1.807, 2.05) is 12.1 Å². The van der Waals surface area contributed by atoms with Crippen molar-refractivity contribution in [2.75, 3.05) is 31.2 Å². The first-order valence-corrected chi connectivity index (χ1v) is 8.92. The predicted molar refractivity (Wildman–Crippen MR) is 90.8 cm³/mol. The maximum Gasteiger partial charge on any atom is 0.253 e. The number of rotatable bonds is 3. The summed E-state index contributed by atoms with van der Waals surface area (Å²) < 4.78 is 5.35. The Bertz CT molecular complexity index is 489. The van der Waals surface area contributed by atoms with Crippen molar-refractivity contribution >= 4 is 11.7 Å². The third-order valence-electron chi connectivity index (χ3n) is 4.79. The molecule has 2 aliphatic rings. The molecule has 126 valence electrons. The van der Waals surface area contributed by atoms with Crippen molar-refractivity contribution < 1.29 is 9.53 Å². The highest BCUT2D eigenvalue weighted by Gasteiger charge is 2.17. The molecular formula is C18H27N3O2. The van der Waals surface area contributed by atoms with E-state index < -0.39 is 0 Å². The molecule has 2 fully saturated rings. The molecule has 1 aliphatic heterocycles. The first kappa shape index (κ1) is 16.2. The second-order valence-corrected chi connectivity index (χ2v) is 6.52. The van der Waals surface area contributed by atoms with E-state index in [0.29, 0.717) is 11.6 Å². The molecule has 1 amide bonds. The van der Waals surface area contributed by atoms with Crippen molar-refractivity contribution in [2.45, 2.75) is 51.0 Å². The monoisotopic (exact) mass is 317 g/mol. The van der Waals surface area contributed by atoms with Crippen molar-refractivity contribution in [2.24, 2.45) is 0 Å². The van der Waals surface area contributed by atoms with E-state index in [-0.39, 0.29) is 5.91 Å². The number of nitrogens with one attached hydrogen (secondary N) is 1. The number of hydrogen-bond donors (Lipinski definition) is 1. The Balaban J connectivity index is 1.56. The zero-order valence-electron chi connectivity index (χ0n) is 13.8. The number of aromatic nitrogens is 1. The van der Waals surface area contributed by atoms with E-state index in [1.54, 1.807) is 6.20 Å². The second kappa shape index (κ2) is 8.29. The van der Waals surface area contributed by atoms with E-state index in [0.717, 1.165) is 45.0 Å². The van der Waals surface area contributed by atoms with E-state index in [2.05, 4.69) is 15.2 Å². The minimum Gasteiger partial charge on any atom is -0.378 e. The number of pyridine rings is 1. The fraction of sp³-hybridized carbons (Fsp3) is 0.667. The average molecular weight is 317 g/mol. The number of morpholine rings is 1. The maximum absolute atomic E-state index is 12.4. The van der Waals surface area contributed by atoms with Gasteiger partial charge in [-0.25, -0.2) is 4.98 Å². The second-order valence-electron chi connectivity index (χ2n) is 6.52. The molecule has 1 N–H and O–H groups in total. The summed E-state index contributed by atoms with van der Waals surface area (Å²) in [6, 6.07) is 4.15. The van der Waals surface area contributed by atoms with Crippen LogP contribution < -0.4 is 10.2 Å². The molecule has 1 aromatic heterocycles. The van der Waals surface area contributed by atoms with Crippen LogP contribution in [0.1, 0.15) is 55.3 Å². The first-order valence-electron chi connectivity index (χ1n) is 8.92. The highest BCUT2D eigenvalue weighted by molar-refractivity contribution is 5.94. The molecule has 0 radical (unpaired) electrons. The minimum absolute atomic E-state index is 0.0107. The van der Waals surface area contributed by atoms with Crippen LogP contribution in [0.2, 0.25) is 0 Å². The van der Waals surface area contributed by atoms with Gasteiger partial charge in [0.15, 0.2) is 0 Å². The Morgan fingerprint density at radius 1 is 1.09 bits per heavy atom. The van der Waals surface area contributed by atoms with Gasteiger partial charge in [-0.2, -0.15) is 0 Å². The van der Waals surface area contributed by atoms with Crippen LogP contribution in [0.25, 0.3) is 0 Å². The third kappa shape index (κ3) is 4.67. The molecule has 5 nitrogen and oxygen atoms in total. The van der Waals surface area contributed by atoms with Crippen molar-refractivity contribution in [1.29, 1.82) is 0 Å². The molecule has 23 heavy (non-hydrogen) atoms. The molecular weight excluding hydrogens is 290 g/mol. The van der Waals surface area contributed by atoms with Gasteiger partial charge in [-0.1, -0.05) is 32.1 Å². The van der Waals surface area contributed by atoms with Gasteiger partial charge in [0.25, 0.3) is 5.91 Å². The lowest BCUT2D eigenvalue weighted by atomic mass is 9.96. The smallest absolute Gasteiger partial charge is 0.253 e. The van der Waals surface area contributed by atoms with Crippen molar-refractivity contribution in [1.82, 2.24) is 10.3 Å². The molecule has 0 unspecified atom stereocenters. The van der Waals surface area contributed by atoms with Gasteiger partial charge in [0.05, 0.1) is 18.8 Å². The van der Waals surface area contributed by atoms with Gasteiger partial charge >= 0.3 is 0 Å². The van der Waals surface area contributed by atoms with E-state index in [9.17, 15) is 4.79 Å². The van der Waals surface area contributed by atoms with Crippen LogP contribution in [-0.2, 0) is 4.74 Å². The summed E-state index contributed by atoms with van der Waals surface area (Å²) in [5.41, 5.74) is 0.657. The third-order valence-corrected chi connectivity index (χ3v) is 4.79. The highest BCUT2D eigenvalue weighted by Crippen LogP contribution is 2.18. The number of carbonyl (C=O) groups is 1. The highest BCUT2D eigenvalue weighted by atomic mass is 16.5. The van der Waals surface area contributed by atoms with E-state index >= 15 is 0 Å². The van der Waals surface area contributed by atoms with Crippen LogP contribution >= 0.6 is 0 Å². The average Bonchev–Trinajstić information content (AvgIpc) is 2.58. The Labute approximate surface area is 138 Å². The number of hydrogen-bond acceptors (Lipinski definition) is 4. The van der Waals surface area contributed by atoms with Gasteiger partial charge in [-0.3, -0.25) is 4.79 Å². The van der Waals surface area contributed by atoms with Gasteiger partial charge in [0.2, 0.25) is 0 Å². The molecule has 0 atom stereocenters. The summed E-state index contributed by atoms with van der Waals surface area (Å²) in [5.74, 6) is 0.937. The maximum atomic E-state index is 12.4. The van der Waals surface area contributed by atoms with Crippen molar-refractivity contribution in [3.63, 3.8) is 0 Å². The van der Waals surface area contributed by atoms with Crippen LogP contribution in [0.3, 0.4) is 0 Å². The zero-order valence-corrected chi connectivity index (χ0v) is 13.8. The van der Waals surface area contributed by atoms with Gasteiger partial charge in [0, 0.05) is 25.3 Å². The predicted octanol–water partition coefficient (Wildman–Crippen LogP) is 2.76. The Morgan fingerprint density at radius 2 is 1.78 bits per heavy atom. The molecule has 5 heteroatoms. The van der Waals surface area contributed by atoms with Gasteiger partial charge in [-0.05, 0) is 25.0 Å². The Kier molecular flexibility index (Phi) is 5.86. The molecule has 1 aliphatic carbocycles. The molecule has 0 bridgehead atoms. The molecule has 1 saturated carbocycles. The van der Waals surface area contributed by atoms with Gasteiger partial charge in [0.1, 0.15) is 5.82 Å². The van der Waals surface area contributed by atoms with Crippen LogP contribution in [0.4, 0.5) is 5.82 Å². The van der Waals surface area contributed by atoms with Crippen LogP contribution in [0, 0.1) is 0 Å². The number of amides is 1. The minimum atomic E-state index is 0.0107. The van der Waals surface area contributed by atoms with Crippen molar-refractivity contribution in [3.05, 3.63) is 23.9 Å². The number of ether oxygens (including phenoxy) is 1. The van der Waals surface area contributed by atoms with Gasteiger partial charge in [-0.15, -0.1) is 0 Å². The number of nitrogens with zero attached hydrogens (tertiary/aromatic N) is 2. The Morgan fingerprint density at radius 3 is 2.43 bits per heavy atom. The lowest BCUT2D eigenvalue weighted by Crippen LogP contribution is -2.37. The first-order chi connectivity index (χ1) is 11.3. The SMILES string of the molecule is O=C(NC1CCCCCCC1)c1ccc(N2CCOCC2)nc1. The van der Waals surface area contributed by atoms with Crippen LogP contribution in [-0.4, -0.2) is 43.2 Å². The summed E-state index contributed by atoms with van der Waals surface area (Å²) in [4.78, 5) is 19.1. The standard InChI is InChI=1S/C18H27N3O2/c22-18(20-16-6-4-2-1-3-5-7-16)15-8-9-17(19-14-15)21-10-12-23-13-11-21/h8-9,14,16H,1-7,10-13H2,(H,20,22). The molecule has 2 heterocycles. The lowest BCUT2D eigenvalue weighted by molar-refractivity contribution is 0.0930. The fourth-order valence-electron chi connectivity index (χ4n) is 3.37. The topological polar surface area (TPSA) is 54.5 Å². The number of anilines is 1. The summed E-state index contributed by atoms with van der Waals surface area (Å²) in [7, 11) is 0. The van der Waals surface area contributed by atoms with Crippen LogP contribution in [0.15, 0.2) is 18.3 Å². The van der Waals surface area contributed by atoms with Gasteiger partial charge < -0.3 is 15.0 Å². The molecule has 0 aromatic carbocycles. The van der Waals surface area contributed by atoms with Crippen LogP contribution in [0.5, 0.6) is 0 Å². The summed E-state index contributed by atoms with van der Waals surface area (Å²) in [6.07, 6.45) is 10.3. The van der Waals surface area contributed by atoms with E-state index in [1.165, 1.54) is 32.1 Å². The molecule has 1 aromatic rings. The largest absolute Gasteiger partial charge is 0.378 e. The zero-order chi connectivity index (χ0) is 15.9. The summed E-state index contributed by atoms with van der Waals surface area (Å²) in [6.45, 7) is 3.21. The Hall–Kier alpha value is -1.62. The quantitative estimate of drug-likeness (QED) is 0.931. The fourth-order valence-corrected chi connectivity index (χ4v) is 3.37. The summed E-state index contributed by atoms with van der Waals surface area (Å²) in [5, 5.41) is 3.19. The number of carbonyl (C=O) groups excluding carboxylic acids is 1. The normalized spacial score (nSPS) is 20.6. The molecule has 1 saturated heterocycles. The van der Waals surface area contributed by atoms with Crippen molar-refractivity contribution in [3.8, 4) is 0 Å². The summed E-state index contributed by atoms with van der Waals surface area (Å²) >= 11 is 0. The molecule has 0 spiro atoms. The molecule has 3 rings (SSSR count).